The lowest BCUT2D eigenvalue weighted by Gasteiger charge is -2.24. The first-order chi connectivity index (χ1) is 13.0. The molecule has 1 aromatic rings. The SMILES string of the molecule is CCOC(=O)C(C(=O)OCC)C(CC(=O)C1=CC=CC1)c1ccc(Cl)cc1. The normalized spacial score (nSPS) is 14.0. The summed E-state index contributed by atoms with van der Waals surface area (Å²) in [4.78, 5) is 37.8. The number of Topliss-reactive ketones (excluding diaryl/α,β-unsaturated/α-hetero) is 1. The first-order valence-corrected chi connectivity index (χ1v) is 9.33. The Morgan fingerprint density at radius 1 is 1.04 bits per heavy atom. The highest BCUT2D eigenvalue weighted by molar-refractivity contribution is 6.30. The number of carbonyl (C=O) groups excluding carboxylic acids is 3. The molecule has 0 saturated carbocycles. The van der Waals surface area contributed by atoms with Crippen LogP contribution in [0.4, 0.5) is 0 Å². The van der Waals surface area contributed by atoms with Crippen molar-refractivity contribution in [2.45, 2.75) is 32.6 Å². The Balaban J connectivity index is 2.39. The highest BCUT2D eigenvalue weighted by Gasteiger charge is 2.39. The third-order valence-electron chi connectivity index (χ3n) is 4.32. The zero-order valence-corrected chi connectivity index (χ0v) is 16.2. The van der Waals surface area contributed by atoms with Crippen molar-refractivity contribution in [1.82, 2.24) is 0 Å². The maximum Gasteiger partial charge on any atom is 0.320 e. The minimum atomic E-state index is -1.22. The third kappa shape index (κ3) is 5.54. The predicted molar refractivity (Wildman–Crippen MR) is 102 cm³/mol. The van der Waals surface area contributed by atoms with Gasteiger partial charge in [-0.1, -0.05) is 42.0 Å². The summed E-state index contributed by atoms with van der Waals surface area (Å²) in [6.07, 6.45) is 6.01. The maximum atomic E-state index is 12.7. The Labute approximate surface area is 164 Å². The monoisotopic (exact) mass is 390 g/mol. The number of benzene rings is 1. The lowest BCUT2D eigenvalue weighted by molar-refractivity contribution is -0.162. The molecule has 0 bridgehead atoms. The second-order valence-corrected chi connectivity index (χ2v) is 6.53. The predicted octanol–water partition coefficient (Wildman–Crippen LogP) is 4.01. The number of allylic oxidation sites excluding steroid dienone is 4. The van der Waals surface area contributed by atoms with Crippen LogP contribution in [-0.2, 0) is 23.9 Å². The Morgan fingerprint density at radius 2 is 1.63 bits per heavy atom. The lowest BCUT2D eigenvalue weighted by Crippen LogP contribution is -2.34. The molecule has 1 aliphatic carbocycles. The number of esters is 2. The molecule has 1 aliphatic rings. The fraction of sp³-hybridized carbons (Fsp3) is 0.381. The highest BCUT2D eigenvalue weighted by Crippen LogP contribution is 2.33. The van der Waals surface area contributed by atoms with Crippen molar-refractivity contribution in [3.63, 3.8) is 0 Å². The van der Waals surface area contributed by atoms with E-state index in [1.165, 1.54) is 0 Å². The van der Waals surface area contributed by atoms with Gasteiger partial charge >= 0.3 is 11.9 Å². The summed E-state index contributed by atoms with van der Waals surface area (Å²) in [5, 5.41) is 0.523. The van der Waals surface area contributed by atoms with E-state index in [1.807, 2.05) is 12.2 Å². The zero-order valence-electron chi connectivity index (χ0n) is 15.4. The number of hydrogen-bond donors (Lipinski definition) is 0. The molecule has 0 aromatic heterocycles. The van der Waals surface area contributed by atoms with Crippen molar-refractivity contribution in [3.8, 4) is 0 Å². The van der Waals surface area contributed by atoms with Crippen LogP contribution in [0.15, 0.2) is 48.1 Å². The molecule has 5 nitrogen and oxygen atoms in total. The van der Waals surface area contributed by atoms with Gasteiger partial charge < -0.3 is 9.47 Å². The van der Waals surface area contributed by atoms with Crippen molar-refractivity contribution in [2.75, 3.05) is 13.2 Å². The van der Waals surface area contributed by atoms with Gasteiger partial charge in [0, 0.05) is 17.4 Å². The van der Waals surface area contributed by atoms with E-state index in [-0.39, 0.29) is 25.4 Å². The average molecular weight is 391 g/mol. The topological polar surface area (TPSA) is 69.7 Å². The van der Waals surface area contributed by atoms with E-state index in [9.17, 15) is 14.4 Å². The summed E-state index contributed by atoms with van der Waals surface area (Å²) in [5.74, 6) is -3.41. The second kappa shape index (κ2) is 10.1. The number of rotatable bonds is 9. The van der Waals surface area contributed by atoms with Crippen LogP contribution < -0.4 is 0 Å². The van der Waals surface area contributed by atoms with E-state index in [0.29, 0.717) is 22.6 Å². The van der Waals surface area contributed by atoms with E-state index < -0.39 is 23.8 Å². The van der Waals surface area contributed by atoms with Crippen LogP contribution in [0.5, 0.6) is 0 Å². The second-order valence-electron chi connectivity index (χ2n) is 6.09. The zero-order chi connectivity index (χ0) is 19.8. The molecule has 0 amide bonds. The molecule has 0 fully saturated rings. The maximum absolute atomic E-state index is 12.7. The molecular weight excluding hydrogens is 368 g/mol. The number of ketones is 1. The third-order valence-corrected chi connectivity index (χ3v) is 4.57. The number of carbonyl (C=O) groups is 3. The van der Waals surface area contributed by atoms with Gasteiger partial charge in [-0.2, -0.15) is 0 Å². The minimum Gasteiger partial charge on any atom is -0.465 e. The van der Waals surface area contributed by atoms with Crippen LogP contribution in [-0.4, -0.2) is 30.9 Å². The molecule has 0 saturated heterocycles. The molecule has 144 valence electrons. The summed E-state index contributed by atoms with van der Waals surface area (Å²) < 4.78 is 10.2. The largest absolute Gasteiger partial charge is 0.465 e. The van der Waals surface area contributed by atoms with Crippen molar-refractivity contribution in [2.24, 2.45) is 5.92 Å². The van der Waals surface area contributed by atoms with Crippen LogP contribution in [0.25, 0.3) is 0 Å². The van der Waals surface area contributed by atoms with E-state index >= 15 is 0 Å². The molecular formula is C21H23ClO5. The van der Waals surface area contributed by atoms with E-state index in [1.54, 1.807) is 44.2 Å². The highest BCUT2D eigenvalue weighted by atomic mass is 35.5. The van der Waals surface area contributed by atoms with Gasteiger partial charge in [0.05, 0.1) is 13.2 Å². The quantitative estimate of drug-likeness (QED) is 0.470. The molecule has 0 spiro atoms. The Hall–Kier alpha value is -2.40. The molecule has 0 N–H and O–H groups in total. The lowest BCUT2D eigenvalue weighted by atomic mass is 9.81. The summed E-state index contributed by atoms with van der Waals surface area (Å²) in [6.45, 7) is 3.59. The van der Waals surface area contributed by atoms with Gasteiger partial charge in [-0.05, 0) is 43.5 Å². The van der Waals surface area contributed by atoms with Crippen molar-refractivity contribution in [3.05, 3.63) is 58.7 Å². The van der Waals surface area contributed by atoms with Gasteiger partial charge in [-0.25, -0.2) is 0 Å². The van der Waals surface area contributed by atoms with E-state index in [2.05, 4.69) is 0 Å². The minimum absolute atomic E-state index is 0.00254. The number of halogens is 1. The van der Waals surface area contributed by atoms with Gasteiger partial charge in [0.15, 0.2) is 11.7 Å². The van der Waals surface area contributed by atoms with Gasteiger partial charge in [0.25, 0.3) is 0 Å². The molecule has 1 aromatic carbocycles. The molecule has 6 heteroatoms. The molecule has 1 unspecified atom stereocenters. The molecule has 2 rings (SSSR count). The van der Waals surface area contributed by atoms with Gasteiger partial charge in [0.1, 0.15) is 0 Å². The van der Waals surface area contributed by atoms with Crippen LogP contribution in [0.1, 0.15) is 38.2 Å². The number of hydrogen-bond acceptors (Lipinski definition) is 5. The summed E-state index contributed by atoms with van der Waals surface area (Å²) in [7, 11) is 0. The fourth-order valence-corrected chi connectivity index (χ4v) is 3.14. The smallest absolute Gasteiger partial charge is 0.320 e. The van der Waals surface area contributed by atoms with Crippen LogP contribution in [0.3, 0.4) is 0 Å². The van der Waals surface area contributed by atoms with Crippen molar-refractivity contribution >= 4 is 29.3 Å². The fourth-order valence-electron chi connectivity index (χ4n) is 3.01. The Bertz CT molecular complexity index is 730. The van der Waals surface area contributed by atoms with Crippen LogP contribution >= 0.6 is 11.6 Å². The molecule has 0 heterocycles. The van der Waals surface area contributed by atoms with Crippen LogP contribution in [0, 0.1) is 5.92 Å². The van der Waals surface area contributed by atoms with Crippen molar-refractivity contribution < 1.29 is 23.9 Å². The van der Waals surface area contributed by atoms with E-state index in [0.717, 1.165) is 0 Å². The van der Waals surface area contributed by atoms with Crippen LogP contribution in [0.2, 0.25) is 5.02 Å². The number of ether oxygens (including phenoxy) is 2. The van der Waals surface area contributed by atoms with Gasteiger partial charge in [-0.3, -0.25) is 14.4 Å². The summed E-state index contributed by atoms with van der Waals surface area (Å²) in [5.41, 5.74) is 1.31. The van der Waals surface area contributed by atoms with Crippen molar-refractivity contribution in [1.29, 1.82) is 0 Å². The molecule has 0 aliphatic heterocycles. The summed E-state index contributed by atoms with van der Waals surface area (Å²) in [6, 6.07) is 6.76. The van der Waals surface area contributed by atoms with Gasteiger partial charge in [0.2, 0.25) is 0 Å². The van der Waals surface area contributed by atoms with Gasteiger partial charge in [-0.15, -0.1) is 0 Å². The standard InChI is InChI=1S/C21H23ClO5/c1-3-26-20(24)19(21(25)27-4-2)17(14-9-11-16(22)12-10-14)13-18(23)15-7-5-6-8-15/h5-7,9-12,17,19H,3-4,8,13H2,1-2H3. The Morgan fingerprint density at radius 3 is 2.11 bits per heavy atom. The Kier molecular flexibility index (Phi) is 7.80. The van der Waals surface area contributed by atoms with E-state index in [4.69, 9.17) is 21.1 Å². The average Bonchev–Trinajstić information content (AvgIpc) is 3.17. The molecule has 27 heavy (non-hydrogen) atoms. The first-order valence-electron chi connectivity index (χ1n) is 8.95. The first kappa shape index (κ1) is 20.9. The molecule has 0 radical (unpaired) electrons. The molecule has 1 atom stereocenters. The summed E-state index contributed by atoms with van der Waals surface area (Å²) >= 11 is 5.96.